The lowest BCUT2D eigenvalue weighted by atomic mass is 9.81. The highest BCUT2D eigenvalue weighted by atomic mass is 16.3. The number of hydrogen-bond donors (Lipinski definition) is 8. The Kier molecular flexibility index (Phi) is 8.26. The molecule has 0 radical (unpaired) electrons. The zero-order valence-electron chi connectivity index (χ0n) is 24.3. The Morgan fingerprint density at radius 1 is 0.523 bits per heavy atom. The second-order valence-electron chi connectivity index (χ2n) is 11.4. The molecule has 2 atom stereocenters. The largest absolute Gasteiger partial charge is 0.508 e. The topological polar surface area (TPSA) is 180 Å². The lowest BCUT2D eigenvalue weighted by Gasteiger charge is -2.26. The van der Waals surface area contributed by atoms with Crippen LogP contribution in [-0.4, -0.2) is 55.3 Å². The van der Waals surface area contributed by atoms with Crippen molar-refractivity contribution in [2.75, 3.05) is 23.7 Å². The Hall–Kier alpha value is -5.38. The smallest absolute Gasteiger partial charge is 0.200 e. The summed E-state index contributed by atoms with van der Waals surface area (Å²) in [5, 5.41) is 67.5. The fourth-order valence-electron chi connectivity index (χ4n) is 5.59. The van der Waals surface area contributed by atoms with Crippen molar-refractivity contribution >= 4 is 22.9 Å². The zero-order chi connectivity index (χ0) is 31.7. The van der Waals surface area contributed by atoms with Crippen LogP contribution in [0.15, 0.2) is 60.7 Å². The minimum atomic E-state index is -0.620. The third-order valence-corrected chi connectivity index (χ3v) is 7.82. The van der Waals surface area contributed by atoms with Gasteiger partial charge in [0.1, 0.15) is 34.5 Å². The van der Waals surface area contributed by atoms with Crippen LogP contribution in [0.5, 0.6) is 34.5 Å². The molecule has 0 aliphatic heterocycles. The van der Waals surface area contributed by atoms with Gasteiger partial charge in [0, 0.05) is 24.5 Å². The van der Waals surface area contributed by atoms with Gasteiger partial charge >= 0.3 is 0 Å². The maximum Gasteiger partial charge on any atom is 0.200 e. The normalized spacial score (nSPS) is 13.6. The Bertz CT molecular complexity index is 1640. The monoisotopic (exact) mass is 598 g/mol. The molecule has 0 bridgehead atoms. The molecule has 1 aliphatic rings. The lowest BCUT2D eigenvalue weighted by molar-refractivity contribution is 0.0975. The van der Waals surface area contributed by atoms with Crippen LogP contribution >= 0.6 is 0 Å². The number of nitrogens with one attached hydrogen (secondary N) is 2. The van der Waals surface area contributed by atoms with Gasteiger partial charge in [0.25, 0.3) is 0 Å². The van der Waals surface area contributed by atoms with E-state index in [2.05, 4.69) is 10.6 Å². The number of hydrogen-bond acceptors (Lipinski definition) is 10. The molecule has 0 amide bonds. The molecule has 10 heteroatoms. The van der Waals surface area contributed by atoms with E-state index in [4.69, 9.17) is 0 Å². The number of phenols is 6. The summed E-state index contributed by atoms with van der Waals surface area (Å²) in [5.74, 6) is -2.02. The average Bonchev–Trinajstić information content (AvgIpc) is 2.98. The van der Waals surface area contributed by atoms with Crippen molar-refractivity contribution in [2.45, 2.75) is 26.7 Å². The predicted octanol–water partition coefficient (Wildman–Crippen LogP) is 5.28. The standard InChI is InChI=1S/C34H34N2O8/c1-17(11-19-13-21(37)3-7-25(19)39)15-35-23-5-6-24(36-16-18(2)12-20-14-22(38)4-8-26(20)40)30-29(23)33(43)31-27(41)9-10-28(42)32(31)34(30)44/h3-10,13-14,17-18,35-42H,11-12,15-16H2,1-2H3. The van der Waals surface area contributed by atoms with Crippen LogP contribution in [0.4, 0.5) is 11.4 Å². The van der Waals surface area contributed by atoms with Gasteiger partial charge in [-0.3, -0.25) is 9.59 Å². The molecule has 0 saturated heterocycles. The highest BCUT2D eigenvalue weighted by molar-refractivity contribution is 6.33. The van der Waals surface area contributed by atoms with Crippen molar-refractivity contribution in [3.63, 3.8) is 0 Å². The van der Waals surface area contributed by atoms with E-state index in [-0.39, 0.29) is 57.1 Å². The van der Waals surface area contributed by atoms with E-state index in [1.807, 2.05) is 13.8 Å². The van der Waals surface area contributed by atoms with E-state index in [0.717, 1.165) is 0 Å². The van der Waals surface area contributed by atoms with Crippen LogP contribution in [0.2, 0.25) is 0 Å². The molecule has 4 aromatic carbocycles. The number of ketones is 2. The van der Waals surface area contributed by atoms with E-state index in [1.54, 1.807) is 12.1 Å². The molecule has 0 fully saturated rings. The van der Waals surface area contributed by atoms with Crippen LogP contribution in [0, 0.1) is 11.8 Å². The number of fused-ring (bicyclic) bond motifs is 2. The molecule has 1 aliphatic carbocycles. The Morgan fingerprint density at radius 2 is 0.886 bits per heavy atom. The van der Waals surface area contributed by atoms with Crippen LogP contribution in [-0.2, 0) is 12.8 Å². The third-order valence-electron chi connectivity index (χ3n) is 7.82. The van der Waals surface area contributed by atoms with Crippen LogP contribution < -0.4 is 10.6 Å². The van der Waals surface area contributed by atoms with Crippen LogP contribution in [0.1, 0.15) is 56.8 Å². The molecule has 10 nitrogen and oxygen atoms in total. The molecule has 2 unspecified atom stereocenters. The van der Waals surface area contributed by atoms with Crippen molar-refractivity contribution in [2.24, 2.45) is 11.8 Å². The average molecular weight is 599 g/mol. The number of anilines is 2. The molecule has 44 heavy (non-hydrogen) atoms. The van der Waals surface area contributed by atoms with Gasteiger partial charge in [-0.05, 0) is 96.5 Å². The Balaban J connectivity index is 1.44. The van der Waals surface area contributed by atoms with Crippen molar-refractivity contribution in [1.82, 2.24) is 0 Å². The molecule has 0 heterocycles. The van der Waals surface area contributed by atoms with E-state index in [9.17, 15) is 40.2 Å². The van der Waals surface area contributed by atoms with E-state index < -0.39 is 23.1 Å². The number of aromatic hydroxyl groups is 6. The minimum absolute atomic E-state index is 0.0361. The van der Waals surface area contributed by atoms with E-state index in [0.29, 0.717) is 48.4 Å². The fourth-order valence-corrected chi connectivity index (χ4v) is 5.59. The van der Waals surface area contributed by atoms with Crippen molar-refractivity contribution < 1.29 is 40.2 Å². The van der Waals surface area contributed by atoms with Gasteiger partial charge in [0.2, 0.25) is 11.6 Å². The van der Waals surface area contributed by atoms with Gasteiger partial charge in [-0.1, -0.05) is 13.8 Å². The summed E-state index contributed by atoms with van der Waals surface area (Å²) < 4.78 is 0. The molecular weight excluding hydrogens is 564 g/mol. The molecule has 228 valence electrons. The first-order valence-electron chi connectivity index (χ1n) is 14.2. The summed E-state index contributed by atoms with van der Waals surface area (Å²) in [6.07, 6.45) is 0.845. The Morgan fingerprint density at radius 3 is 1.27 bits per heavy atom. The van der Waals surface area contributed by atoms with Gasteiger partial charge < -0.3 is 41.3 Å². The molecule has 5 rings (SSSR count). The number of carbonyl (C=O) groups excluding carboxylic acids is 2. The van der Waals surface area contributed by atoms with Crippen LogP contribution in [0.25, 0.3) is 0 Å². The highest BCUT2D eigenvalue weighted by Crippen LogP contribution is 2.42. The fraction of sp³-hybridized carbons (Fsp3) is 0.235. The first-order chi connectivity index (χ1) is 20.9. The summed E-state index contributed by atoms with van der Waals surface area (Å²) in [4.78, 5) is 27.7. The summed E-state index contributed by atoms with van der Waals surface area (Å²) >= 11 is 0. The zero-order valence-corrected chi connectivity index (χ0v) is 24.3. The van der Waals surface area contributed by atoms with Crippen LogP contribution in [0.3, 0.4) is 0 Å². The molecule has 0 spiro atoms. The molecule has 8 N–H and O–H groups in total. The number of rotatable bonds is 10. The number of carbonyl (C=O) groups is 2. The maximum absolute atomic E-state index is 13.9. The quantitative estimate of drug-likeness (QED) is 0.0986. The number of phenolic OH excluding ortho intramolecular Hbond substituents is 6. The Labute approximate surface area is 253 Å². The van der Waals surface area contributed by atoms with E-state index in [1.165, 1.54) is 48.5 Å². The first kappa shape index (κ1) is 30.1. The SMILES string of the molecule is CC(CNc1ccc(NCC(C)Cc2cc(O)ccc2O)c2c1C(=O)c1c(O)ccc(O)c1C2=O)Cc1cc(O)ccc1O. The molecule has 0 saturated carbocycles. The van der Waals surface area contributed by atoms with Gasteiger partial charge in [-0.15, -0.1) is 0 Å². The van der Waals surface area contributed by atoms with Crippen molar-refractivity contribution in [3.8, 4) is 34.5 Å². The summed E-state index contributed by atoms with van der Waals surface area (Å²) in [7, 11) is 0. The summed E-state index contributed by atoms with van der Waals surface area (Å²) in [5.41, 5.74) is 1.42. The second-order valence-corrected chi connectivity index (χ2v) is 11.4. The van der Waals surface area contributed by atoms with Crippen molar-refractivity contribution in [3.05, 3.63) is 94.0 Å². The second kappa shape index (κ2) is 12.1. The molecule has 4 aromatic rings. The predicted molar refractivity (Wildman–Crippen MR) is 165 cm³/mol. The van der Waals surface area contributed by atoms with Crippen molar-refractivity contribution in [1.29, 1.82) is 0 Å². The first-order valence-corrected chi connectivity index (χ1v) is 14.2. The third kappa shape index (κ3) is 5.92. The summed E-state index contributed by atoms with van der Waals surface area (Å²) in [6, 6.07) is 14.3. The maximum atomic E-state index is 13.9. The highest BCUT2D eigenvalue weighted by Gasteiger charge is 2.38. The van der Waals surface area contributed by atoms with Gasteiger partial charge in [0.15, 0.2) is 0 Å². The molecule has 0 aromatic heterocycles. The lowest BCUT2D eigenvalue weighted by Crippen LogP contribution is -2.26. The molecular formula is C34H34N2O8. The van der Waals surface area contributed by atoms with Gasteiger partial charge in [0.05, 0.1) is 22.3 Å². The summed E-state index contributed by atoms with van der Waals surface area (Å²) in [6.45, 7) is 4.55. The van der Waals surface area contributed by atoms with E-state index >= 15 is 0 Å². The van der Waals surface area contributed by atoms with Gasteiger partial charge in [-0.2, -0.15) is 0 Å². The minimum Gasteiger partial charge on any atom is -0.508 e. The number of benzene rings is 4. The van der Waals surface area contributed by atoms with Gasteiger partial charge in [-0.25, -0.2) is 0 Å².